The van der Waals surface area contributed by atoms with Crippen LogP contribution in [0.15, 0.2) is 18.2 Å². The molecule has 0 aliphatic carbocycles. The number of phenolic OH excluding ortho intramolecular Hbond substituents is 2. The molecule has 1 aromatic carbocycles. The maximum atomic E-state index is 9.62. The number of H-pyrrole nitrogens is 1. The number of rotatable bonds is 1. The molecular formula is C11H12N2O2. The van der Waals surface area contributed by atoms with Crippen LogP contribution in [0.4, 0.5) is 0 Å². The first kappa shape index (κ1) is 9.58. The van der Waals surface area contributed by atoms with Crippen molar-refractivity contribution in [2.24, 2.45) is 0 Å². The van der Waals surface area contributed by atoms with E-state index in [2.05, 4.69) is 9.97 Å². The van der Waals surface area contributed by atoms with Crippen molar-refractivity contribution in [1.29, 1.82) is 0 Å². The molecule has 0 amide bonds. The largest absolute Gasteiger partial charge is 0.508 e. The predicted octanol–water partition coefficient (Wildman–Crippen LogP) is 2.10. The van der Waals surface area contributed by atoms with E-state index in [1.165, 1.54) is 18.2 Å². The van der Waals surface area contributed by atoms with E-state index in [9.17, 15) is 10.2 Å². The standard InChI is InChI=1S/C11H12N2O2/c1-6-7(2)13-11(12-6)9-5-8(14)3-4-10(9)15/h3-5,14-15H,1-2H3,(H,12,13). The van der Waals surface area contributed by atoms with Gasteiger partial charge in [-0.3, -0.25) is 0 Å². The number of imidazole rings is 1. The molecule has 4 nitrogen and oxygen atoms in total. The predicted molar refractivity (Wildman–Crippen MR) is 56.8 cm³/mol. The number of benzene rings is 1. The lowest BCUT2D eigenvalue weighted by Gasteiger charge is -2.01. The van der Waals surface area contributed by atoms with Crippen LogP contribution in [0.5, 0.6) is 11.5 Å². The Kier molecular flexibility index (Phi) is 2.11. The smallest absolute Gasteiger partial charge is 0.141 e. The average Bonchev–Trinajstić information content (AvgIpc) is 2.51. The first-order valence-corrected chi connectivity index (χ1v) is 4.63. The summed E-state index contributed by atoms with van der Waals surface area (Å²) in [6, 6.07) is 4.35. The van der Waals surface area contributed by atoms with Gasteiger partial charge in [-0.15, -0.1) is 0 Å². The number of hydrogen-bond donors (Lipinski definition) is 3. The van der Waals surface area contributed by atoms with Crippen molar-refractivity contribution in [3.8, 4) is 22.9 Å². The summed E-state index contributed by atoms with van der Waals surface area (Å²) in [5, 5.41) is 18.9. The summed E-state index contributed by atoms with van der Waals surface area (Å²) in [5.74, 6) is 0.773. The third-order valence-corrected chi connectivity index (χ3v) is 2.36. The maximum Gasteiger partial charge on any atom is 0.141 e. The molecule has 78 valence electrons. The molecule has 2 rings (SSSR count). The van der Waals surface area contributed by atoms with Crippen LogP contribution in [-0.2, 0) is 0 Å². The van der Waals surface area contributed by atoms with Gasteiger partial charge in [-0.1, -0.05) is 0 Å². The number of aryl methyl sites for hydroxylation is 2. The van der Waals surface area contributed by atoms with Crippen molar-refractivity contribution < 1.29 is 10.2 Å². The fraction of sp³-hybridized carbons (Fsp3) is 0.182. The molecule has 0 bridgehead atoms. The second-order valence-electron chi connectivity index (χ2n) is 3.50. The van der Waals surface area contributed by atoms with E-state index >= 15 is 0 Å². The molecule has 0 spiro atoms. The Balaban J connectivity index is 2.58. The van der Waals surface area contributed by atoms with E-state index in [1.807, 2.05) is 13.8 Å². The fourth-order valence-electron chi connectivity index (χ4n) is 1.39. The maximum absolute atomic E-state index is 9.62. The molecule has 3 N–H and O–H groups in total. The molecule has 0 atom stereocenters. The van der Waals surface area contributed by atoms with E-state index in [1.54, 1.807) is 0 Å². The highest BCUT2D eigenvalue weighted by Gasteiger charge is 2.10. The highest BCUT2D eigenvalue weighted by Crippen LogP contribution is 2.30. The van der Waals surface area contributed by atoms with Crippen LogP contribution in [0.1, 0.15) is 11.4 Å². The van der Waals surface area contributed by atoms with Crippen molar-refractivity contribution in [2.45, 2.75) is 13.8 Å². The van der Waals surface area contributed by atoms with E-state index < -0.39 is 0 Å². The van der Waals surface area contributed by atoms with Crippen molar-refractivity contribution in [3.05, 3.63) is 29.6 Å². The van der Waals surface area contributed by atoms with Gasteiger partial charge < -0.3 is 15.2 Å². The minimum Gasteiger partial charge on any atom is -0.508 e. The summed E-state index contributed by atoms with van der Waals surface area (Å²) in [4.78, 5) is 7.30. The van der Waals surface area contributed by atoms with Crippen LogP contribution in [0.2, 0.25) is 0 Å². The number of aromatic nitrogens is 2. The van der Waals surface area contributed by atoms with Gasteiger partial charge in [0.15, 0.2) is 0 Å². The summed E-state index contributed by atoms with van der Waals surface area (Å²) in [5.41, 5.74) is 2.34. The topological polar surface area (TPSA) is 69.1 Å². The number of aromatic amines is 1. The second kappa shape index (κ2) is 3.31. The molecule has 4 heteroatoms. The van der Waals surface area contributed by atoms with E-state index in [0.29, 0.717) is 11.4 Å². The van der Waals surface area contributed by atoms with Gasteiger partial charge in [-0.25, -0.2) is 4.98 Å². The van der Waals surface area contributed by atoms with Gasteiger partial charge in [0.05, 0.1) is 11.3 Å². The third kappa shape index (κ3) is 1.66. The van der Waals surface area contributed by atoms with E-state index in [4.69, 9.17) is 0 Å². The van der Waals surface area contributed by atoms with Gasteiger partial charge in [-0.2, -0.15) is 0 Å². The Morgan fingerprint density at radius 2 is 1.93 bits per heavy atom. The quantitative estimate of drug-likeness (QED) is 0.623. The van der Waals surface area contributed by atoms with Crippen LogP contribution in [-0.4, -0.2) is 20.2 Å². The number of nitrogens with zero attached hydrogens (tertiary/aromatic N) is 1. The Bertz CT molecular complexity index is 484. The van der Waals surface area contributed by atoms with Crippen molar-refractivity contribution in [3.63, 3.8) is 0 Å². The van der Waals surface area contributed by atoms with Gasteiger partial charge in [0, 0.05) is 5.69 Å². The lowest BCUT2D eigenvalue weighted by atomic mass is 10.2. The Labute approximate surface area is 87.2 Å². The molecular weight excluding hydrogens is 192 g/mol. The molecule has 1 heterocycles. The molecule has 15 heavy (non-hydrogen) atoms. The van der Waals surface area contributed by atoms with Gasteiger partial charge >= 0.3 is 0 Å². The molecule has 0 aliphatic heterocycles. The van der Waals surface area contributed by atoms with Gasteiger partial charge in [-0.05, 0) is 32.0 Å². The summed E-state index contributed by atoms with van der Waals surface area (Å²) in [6.45, 7) is 3.79. The monoisotopic (exact) mass is 204 g/mol. The Hall–Kier alpha value is -1.97. The lowest BCUT2D eigenvalue weighted by molar-refractivity contribution is 0.461. The highest BCUT2D eigenvalue weighted by atomic mass is 16.3. The number of nitrogens with one attached hydrogen (secondary N) is 1. The summed E-state index contributed by atoms with van der Waals surface area (Å²) < 4.78 is 0. The van der Waals surface area contributed by atoms with Crippen molar-refractivity contribution in [1.82, 2.24) is 9.97 Å². The number of hydrogen-bond acceptors (Lipinski definition) is 3. The van der Waals surface area contributed by atoms with Crippen LogP contribution in [0.25, 0.3) is 11.4 Å². The summed E-state index contributed by atoms with van der Waals surface area (Å²) in [7, 11) is 0. The second-order valence-corrected chi connectivity index (χ2v) is 3.50. The van der Waals surface area contributed by atoms with Crippen molar-refractivity contribution >= 4 is 0 Å². The number of aromatic hydroxyl groups is 2. The lowest BCUT2D eigenvalue weighted by Crippen LogP contribution is -1.82. The molecule has 0 radical (unpaired) electrons. The average molecular weight is 204 g/mol. The summed E-state index contributed by atoms with van der Waals surface area (Å²) in [6.07, 6.45) is 0. The third-order valence-electron chi connectivity index (χ3n) is 2.36. The first-order chi connectivity index (χ1) is 7.08. The first-order valence-electron chi connectivity index (χ1n) is 4.63. The van der Waals surface area contributed by atoms with Crippen LogP contribution >= 0.6 is 0 Å². The summed E-state index contributed by atoms with van der Waals surface area (Å²) >= 11 is 0. The number of phenols is 2. The molecule has 2 aromatic rings. The van der Waals surface area contributed by atoms with E-state index in [0.717, 1.165) is 11.4 Å². The molecule has 0 unspecified atom stereocenters. The zero-order valence-corrected chi connectivity index (χ0v) is 8.57. The Morgan fingerprint density at radius 1 is 1.20 bits per heavy atom. The SMILES string of the molecule is Cc1nc(-c2cc(O)ccc2O)[nH]c1C. The zero-order valence-electron chi connectivity index (χ0n) is 8.57. The van der Waals surface area contributed by atoms with Crippen LogP contribution < -0.4 is 0 Å². The van der Waals surface area contributed by atoms with E-state index in [-0.39, 0.29) is 11.5 Å². The molecule has 1 aromatic heterocycles. The molecule has 0 aliphatic rings. The highest BCUT2D eigenvalue weighted by molar-refractivity contribution is 5.66. The van der Waals surface area contributed by atoms with Gasteiger partial charge in [0.1, 0.15) is 17.3 Å². The Morgan fingerprint density at radius 3 is 2.53 bits per heavy atom. The minimum atomic E-state index is 0.0987. The minimum absolute atomic E-state index is 0.0987. The van der Waals surface area contributed by atoms with Crippen LogP contribution in [0.3, 0.4) is 0 Å². The van der Waals surface area contributed by atoms with Gasteiger partial charge in [0.25, 0.3) is 0 Å². The van der Waals surface area contributed by atoms with Crippen molar-refractivity contribution in [2.75, 3.05) is 0 Å². The zero-order chi connectivity index (χ0) is 11.0. The fourth-order valence-corrected chi connectivity index (χ4v) is 1.39. The van der Waals surface area contributed by atoms with Crippen LogP contribution in [0, 0.1) is 13.8 Å². The normalized spacial score (nSPS) is 10.5. The molecule has 0 saturated heterocycles. The van der Waals surface area contributed by atoms with Gasteiger partial charge in [0.2, 0.25) is 0 Å². The molecule has 0 saturated carbocycles. The molecule has 0 fully saturated rings.